The number of carbonyl (C=O) groups excluding carboxylic acids is 1. The minimum Gasteiger partial charge on any atom is -0.505 e. The van der Waals surface area contributed by atoms with E-state index in [0.717, 1.165) is 0 Å². The van der Waals surface area contributed by atoms with Gasteiger partial charge in [-0.15, -0.1) is 0 Å². The van der Waals surface area contributed by atoms with E-state index in [1.165, 1.54) is 30.5 Å². The highest BCUT2D eigenvalue weighted by atomic mass is 19.1. The molecule has 0 aliphatic carbocycles. The second-order valence-corrected chi connectivity index (χ2v) is 4.81. The Balaban J connectivity index is 2.07. The fourth-order valence-corrected chi connectivity index (χ4v) is 2.13. The normalized spacial score (nSPS) is 10.7. The van der Waals surface area contributed by atoms with Gasteiger partial charge in [0.1, 0.15) is 18.1 Å². The van der Waals surface area contributed by atoms with Crippen molar-refractivity contribution in [3.8, 4) is 17.0 Å². The van der Waals surface area contributed by atoms with Crippen LogP contribution in [0.2, 0.25) is 0 Å². The lowest BCUT2D eigenvalue weighted by molar-refractivity contribution is -0.135. The number of hydrogen-bond donors (Lipinski definition) is 3. The molecule has 3 rings (SSSR count). The van der Waals surface area contributed by atoms with Crippen LogP contribution in [0, 0.1) is 5.82 Å². The van der Waals surface area contributed by atoms with Gasteiger partial charge < -0.3 is 20.1 Å². The minimum atomic E-state index is -1.24. The quantitative estimate of drug-likeness (QED) is 0.662. The van der Waals surface area contributed by atoms with Crippen molar-refractivity contribution >= 4 is 22.8 Å². The third kappa shape index (κ3) is 2.74. The zero-order chi connectivity index (χ0) is 17.3. The maximum absolute atomic E-state index is 13.0. The molecule has 24 heavy (non-hydrogen) atoms. The molecule has 8 nitrogen and oxygen atoms in total. The molecule has 9 heteroatoms. The number of nitrogens with zero attached hydrogens (tertiary/aromatic N) is 2. The fourth-order valence-electron chi connectivity index (χ4n) is 2.13. The number of benzene rings is 1. The second-order valence-electron chi connectivity index (χ2n) is 4.81. The maximum Gasteiger partial charge on any atom is 0.322 e. The fraction of sp³-hybridized carbons (Fsp3) is 0.0667. The number of aliphatic carboxylic acids is 1. The van der Waals surface area contributed by atoms with Crippen LogP contribution in [0.5, 0.6) is 5.75 Å². The molecule has 122 valence electrons. The summed E-state index contributed by atoms with van der Waals surface area (Å²) >= 11 is 0. The standard InChI is InChI=1S/C15H10FN3O5/c16-8-3-1-7(2-4-8)12-11-9(24-19-12)5-17-13(14(11)22)15(23)18-6-10(20)21/h1-5,22H,6H2,(H,18,23)(H,20,21). The van der Waals surface area contributed by atoms with Crippen LogP contribution >= 0.6 is 0 Å². The Hall–Kier alpha value is -3.49. The molecule has 2 heterocycles. The van der Waals surface area contributed by atoms with E-state index in [0.29, 0.717) is 5.56 Å². The van der Waals surface area contributed by atoms with E-state index in [9.17, 15) is 19.1 Å². The SMILES string of the molecule is O=C(O)CNC(=O)c1ncc2onc(-c3ccc(F)cc3)c2c1O. The first kappa shape index (κ1) is 15.4. The van der Waals surface area contributed by atoms with Crippen LogP contribution in [0.15, 0.2) is 35.0 Å². The summed E-state index contributed by atoms with van der Waals surface area (Å²) in [7, 11) is 0. The number of amides is 1. The number of hydrogen-bond acceptors (Lipinski definition) is 6. The van der Waals surface area contributed by atoms with Gasteiger partial charge in [0.15, 0.2) is 17.0 Å². The van der Waals surface area contributed by atoms with Crippen molar-refractivity contribution in [3.63, 3.8) is 0 Å². The molecule has 3 aromatic rings. The Kier molecular flexibility index (Phi) is 3.82. The van der Waals surface area contributed by atoms with E-state index in [-0.39, 0.29) is 22.4 Å². The van der Waals surface area contributed by atoms with Gasteiger partial charge in [-0.3, -0.25) is 9.59 Å². The average molecular weight is 331 g/mol. The molecular formula is C15H10FN3O5. The summed E-state index contributed by atoms with van der Waals surface area (Å²) in [5, 5.41) is 24.9. The van der Waals surface area contributed by atoms with Crippen molar-refractivity contribution in [2.45, 2.75) is 0 Å². The Morgan fingerprint density at radius 1 is 1.25 bits per heavy atom. The van der Waals surface area contributed by atoms with E-state index in [1.807, 2.05) is 0 Å². The van der Waals surface area contributed by atoms with E-state index in [4.69, 9.17) is 9.63 Å². The molecule has 0 spiro atoms. The summed E-state index contributed by atoms with van der Waals surface area (Å²) in [5.41, 5.74) is 0.433. The Bertz CT molecular complexity index is 936. The van der Waals surface area contributed by atoms with Gasteiger partial charge in [0.05, 0.1) is 11.6 Å². The lowest BCUT2D eigenvalue weighted by Gasteiger charge is -2.05. The molecule has 0 saturated carbocycles. The third-order valence-electron chi connectivity index (χ3n) is 3.22. The topological polar surface area (TPSA) is 126 Å². The second kappa shape index (κ2) is 5.95. The number of carboxylic acids is 1. The minimum absolute atomic E-state index is 0.122. The molecule has 0 radical (unpaired) electrons. The molecule has 0 bridgehead atoms. The monoisotopic (exact) mass is 331 g/mol. The number of rotatable bonds is 4. The number of halogens is 1. The van der Waals surface area contributed by atoms with Crippen LogP contribution < -0.4 is 5.32 Å². The molecule has 3 N–H and O–H groups in total. The predicted molar refractivity (Wildman–Crippen MR) is 78.8 cm³/mol. The summed E-state index contributed by atoms with van der Waals surface area (Å²) in [6.07, 6.45) is 1.19. The van der Waals surface area contributed by atoms with Crippen LogP contribution in [-0.4, -0.2) is 38.8 Å². The Morgan fingerprint density at radius 2 is 1.96 bits per heavy atom. The number of carboxylic acid groups (broad SMARTS) is 1. The highest BCUT2D eigenvalue weighted by molar-refractivity contribution is 6.04. The Labute approximate surface area is 133 Å². The van der Waals surface area contributed by atoms with Crippen LogP contribution in [0.1, 0.15) is 10.5 Å². The zero-order valence-corrected chi connectivity index (χ0v) is 12.0. The van der Waals surface area contributed by atoms with Crippen LogP contribution in [0.4, 0.5) is 4.39 Å². The molecule has 0 aliphatic rings. The van der Waals surface area contributed by atoms with Crippen molar-refractivity contribution in [2.24, 2.45) is 0 Å². The number of carbonyl (C=O) groups is 2. The van der Waals surface area contributed by atoms with E-state index < -0.39 is 30.0 Å². The molecule has 2 aromatic heterocycles. The number of aromatic nitrogens is 2. The first-order valence-corrected chi connectivity index (χ1v) is 6.70. The summed E-state index contributed by atoms with van der Waals surface area (Å²) < 4.78 is 18.1. The van der Waals surface area contributed by atoms with Gasteiger partial charge in [-0.1, -0.05) is 5.16 Å². The smallest absolute Gasteiger partial charge is 0.322 e. The van der Waals surface area contributed by atoms with Gasteiger partial charge >= 0.3 is 5.97 Å². The molecule has 0 aliphatic heterocycles. The van der Waals surface area contributed by atoms with E-state index in [2.05, 4.69) is 15.5 Å². The van der Waals surface area contributed by atoms with Gasteiger partial charge in [-0.2, -0.15) is 0 Å². The van der Waals surface area contributed by atoms with Crippen molar-refractivity contribution < 1.29 is 28.7 Å². The maximum atomic E-state index is 13.0. The van der Waals surface area contributed by atoms with Crippen molar-refractivity contribution in [1.29, 1.82) is 0 Å². The molecule has 0 atom stereocenters. The molecule has 0 unspecified atom stereocenters. The van der Waals surface area contributed by atoms with Crippen molar-refractivity contribution in [2.75, 3.05) is 6.54 Å². The first-order valence-electron chi connectivity index (χ1n) is 6.70. The van der Waals surface area contributed by atoms with Gasteiger partial charge in [0.25, 0.3) is 5.91 Å². The van der Waals surface area contributed by atoms with Gasteiger partial charge in [-0.25, -0.2) is 9.37 Å². The molecule has 0 saturated heterocycles. The Morgan fingerprint density at radius 3 is 2.62 bits per heavy atom. The first-order chi connectivity index (χ1) is 11.5. The molecule has 0 fully saturated rings. The average Bonchev–Trinajstić information content (AvgIpc) is 2.98. The van der Waals surface area contributed by atoms with Gasteiger partial charge in [0.2, 0.25) is 0 Å². The molecular weight excluding hydrogens is 321 g/mol. The summed E-state index contributed by atoms with van der Waals surface area (Å²) in [4.78, 5) is 26.2. The summed E-state index contributed by atoms with van der Waals surface area (Å²) in [6, 6.07) is 5.32. The highest BCUT2D eigenvalue weighted by Crippen LogP contribution is 2.35. The molecule has 1 amide bonds. The van der Waals surface area contributed by atoms with E-state index in [1.54, 1.807) is 0 Å². The zero-order valence-electron chi connectivity index (χ0n) is 12.0. The van der Waals surface area contributed by atoms with Crippen LogP contribution in [-0.2, 0) is 4.79 Å². The lowest BCUT2D eigenvalue weighted by Crippen LogP contribution is -2.29. The van der Waals surface area contributed by atoms with Crippen molar-refractivity contribution in [3.05, 3.63) is 42.0 Å². The number of nitrogens with one attached hydrogen (secondary N) is 1. The number of pyridine rings is 1. The van der Waals surface area contributed by atoms with Crippen LogP contribution in [0.25, 0.3) is 22.2 Å². The highest BCUT2D eigenvalue weighted by Gasteiger charge is 2.22. The summed E-state index contributed by atoms with van der Waals surface area (Å²) in [5.74, 6) is -3.04. The van der Waals surface area contributed by atoms with Crippen LogP contribution in [0.3, 0.4) is 0 Å². The largest absolute Gasteiger partial charge is 0.505 e. The van der Waals surface area contributed by atoms with Gasteiger partial charge in [-0.05, 0) is 24.3 Å². The number of aromatic hydroxyl groups is 1. The van der Waals surface area contributed by atoms with Crippen molar-refractivity contribution in [1.82, 2.24) is 15.5 Å². The van der Waals surface area contributed by atoms with Gasteiger partial charge in [0, 0.05) is 5.56 Å². The summed E-state index contributed by atoms with van der Waals surface area (Å²) in [6.45, 7) is -0.619. The molecule has 1 aromatic carbocycles. The lowest BCUT2D eigenvalue weighted by atomic mass is 10.1. The van der Waals surface area contributed by atoms with E-state index >= 15 is 0 Å². The number of fused-ring (bicyclic) bond motifs is 1. The predicted octanol–water partition coefficient (Wildman–Crippen LogP) is 1.55. The third-order valence-corrected chi connectivity index (χ3v) is 3.22.